The summed E-state index contributed by atoms with van der Waals surface area (Å²) in [5, 5.41) is 0. The van der Waals surface area contributed by atoms with Crippen molar-refractivity contribution in [1.29, 1.82) is 0 Å². The van der Waals surface area contributed by atoms with Crippen LogP contribution in [-0.4, -0.2) is 53.6 Å². The van der Waals surface area contributed by atoms with Gasteiger partial charge in [0.15, 0.2) is 17.3 Å². The SMILES string of the molecule is CCOC(=O)c1c(C)c(C(=O)CN(CC2CC2)C(=O)c2ccc3c(c2)OCO3)c(C)n1C. The third-order valence-electron chi connectivity index (χ3n) is 6.09. The van der Waals surface area contributed by atoms with Crippen LogP contribution in [0.3, 0.4) is 0 Å². The van der Waals surface area contributed by atoms with E-state index in [1.165, 1.54) is 0 Å². The number of carbonyl (C=O) groups is 3. The fourth-order valence-corrected chi connectivity index (χ4v) is 4.17. The Morgan fingerprint density at radius 3 is 2.56 bits per heavy atom. The van der Waals surface area contributed by atoms with Gasteiger partial charge in [-0.05, 0) is 63.3 Å². The molecule has 8 nitrogen and oxygen atoms in total. The lowest BCUT2D eigenvalue weighted by atomic mass is 10.0. The van der Waals surface area contributed by atoms with Crippen molar-refractivity contribution in [2.45, 2.75) is 33.6 Å². The molecule has 4 rings (SSSR count). The lowest BCUT2D eigenvalue weighted by molar-refractivity contribution is 0.0514. The average Bonchev–Trinajstić information content (AvgIpc) is 3.39. The summed E-state index contributed by atoms with van der Waals surface area (Å²) in [5.74, 6) is 0.673. The molecule has 1 amide bonds. The van der Waals surface area contributed by atoms with Crippen LogP contribution in [0.15, 0.2) is 18.2 Å². The van der Waals surface area contributed by atoms with Gasteiger partial charge in [0.2, 0.25) is 6.79 Å². The van der Waals surface area contributed by atoms with Gasteiger partial charge in [-0.15, -0.1) is 0 Å². The monoisotopic (exact) mass is 440 g/mol. The maximum atomic E-state index is 13.4. The van der Waals surface area contributed by atoms with Gasteiger partial charge in [0.25, 0.3) is 5.91 Å². The molecule has 170 valence electrons. The summed E-state index contributed by atoms with van der Waals surface area (Å²) in [6.45, 7) is 6.14. The Labute approximate surface area is 187 Å². The molecule has 1 aliphatic heterocycles. The molecule has 1 aromatic heterocycles. The second-order valence-corrected chi connectivity index (χ2v) is 8.33. The van der Waals surface area contributed by atoms with E-state index in [1.54, 1.807) is 55.5 Å². The van der Waals surface area contributed by atoms with E-state index in [9.17, 15) is 14.4 Å². The van der Waals surface area contributed by atoms with Crippen molar-refractivity contribution in [1.82, 2.24) is 9.47 Å². The third-order valence-corrected chi connectivity index (χ3v) is 6.09. The van der Waals surface area contributed by atoms with Crippen molar-refractivity contribution >= 4 is 17.7 Å². The predicted octanol–water partition coefficient (Wildman–Crippen LogP) is 3.28. The van der Waals surface area contributed by atoms with Gasteiger partial charge in [-0.2, -0.15) is 0 Å². The molecule has 2 aliphatic rings. The number of amides is 1. The lowest BCUT2D eigenvalue weighted by Gasteiger charge is -2.22. The summed E-state index contributed by atoms with van der Waals surface area (Å²) in [6, 6.07) is 5.06. The molecular weight excluding hydrogens is 412 g/mol. The normalized spacial score (nSPS) is 14.4. The van der Waals surface area contributed by atoms with Crippen LogP contribution in [0.4, 0.5) is 0 Å². The van der Waals surface area contributed by atoms with Crippen LogP contribution in [0.1, 0.15) is 62.2 Å². The molecule has 0 saturated heterocycles. The average molecular weight is 440 g/mol. The van der Waals surface area contributed by atoms with Crippen LogP contribution in [0.2, 0.25) is 0 Å². The van der Waals surface area contributed by atoms with Gasteiger partial charge < -0.3 is 23.7 Å². The Morgan fingerprint density at radius 1 is 1.16 bits per heavy atom. The summed E-state index contributed by atoms with van der Waals surface area (Å²) in [6.07, 6.45) is 2.10. The molecule has 1 saturated carbocycles. The number of hydrogen-bond acceptors (Lipinski definition) is 6. The van der Waals surface area contributed by atoms with E-state index in [4.69, 9.17) is 14.2 Å². The molecule has 2 aromatic rings. The topological polar surface area (TPSA) is 87.1 Å². The lowest BCUT2D eigenvalue weighted by Crippen LogP contribution is -2.37. The molecule has 1 aliphatic carbocycles. The van der Waals surface area contributed by atoms with Crippen molar-refractivity contribution in [3.05, 3.63) is 46.3 Å². The third kappa shape index (κ3) is 4.09. The first-order chi connectivity index (χ1) is 15.3. The van der Waals surface area contributed by atoms with E-state index < -0.39 is 5.97 Å². The summed E-state index contributed by atoms with van der Waals surface area (Å²) in [7, 11) is 1.74. The number of benzene rings is 1. The van der Waals surface area contributed by atoms with Crippen LogP contribution < -0.4 is 9.47 Å². The molecule has 8 heteroatoms. The standard InChI is InChI=1S/C24H28N2O6/c1-5-30-24(29)22-14(2)21(15(3)25(22)4)18(27)12-26(11-16-6-7-16)23(28)17-8-9-19-20(10-17)32-13-31-19/h8-10,16H,5-7,11-13H2,1-4H3. The van der Waals surface area contributed by atoms with E-state index in [0.29, 0.717) is 52.0 Å². The zero-order valence-corrected chi connectivity index (χ0v) is 18.9. The first-order valence-electron chi connectivity index (χ1n) is 10.9. The predicted molar refractivity (Wildman–Crippen MR) is 116 cm³/mol. The van der Waals surface area contributed by atoms with Gasteiger partial charge >= 0.3 is 5.97 Å². The molecule has 1 fully saturated rings. The number of carbonyl (C=O) groups excluding carboxylic acids is 3. The van der Waals surface area contributed by atoms with Gasteiger partial charge in [0, 0.05) is 30.4 Å². The fourth-order valence-electron chi connectivity index (χ4n) is 4.17. The molecule has 0 bridgehead atoms. The molecule has 0 spiro atoms. The van der Waals surface area contributed by atoms with Gasteiger partial charge in [-0.25, -0.2) is 4.79 Å². The summed E-state index contributed by atoms with van der Waals surface area (Å²) < 4.78 is 17.6. The van der Waals surface area contributed by atoms with Crippen LogP contribution >= 0.6 is 0 Å². The number of fused-ring (bicyclic) bond motifs is 1. The second-order valence-electron chi connectivity index (χ2n) is 8.33. The number of nitrogens with zero attached hydrogens (tertiary/aromatic N) is 2. The smallest absolute Gasteiger partial charge is 0.355 e. The summed E-state index contributed by atoms with van der Waals surface area (Å²) in [5.41, 5.74) is 2.54. The highest BCUT2D eigenvalue weighted by molar-refractivity contribution is 6.06. The van der Waals surface area contributed by atoms with Crippen LogP contribution in [0, 0.1) is 19.8 Å². The molecule has 0 unspecified atom stereocenters. The molecule has 2 heterocycles. The van der Waals surface area contributed by atoms with E-state index in [0.717, 1.165) is 12.8 Å². The quantitative estimate of drug-likeness (QED) is 0.463. The number of aromatic nitrogens is 1. The van der Waals surface area contributed by atoms with E-state index in [2.05, 4.69) is 0 Å². The first kappa shape index (κ1) is 21.9. The highest BCUT2D eigenvalue weighted by Crippen LogP contribution is 2.34. The molecule has 0 radical (unpaired) electrons. The largest absolute Gasteiger partial charge is 0.461 e. The van der Waals surface area contributed by atoms with Crippen molar-refractivity contribution < 1.29 is 28.6 Å². The first-order valence-corrected chi connectivity index (χ1v) is 10.9. The van der Waals surface area contributed by atoms with Crippen molar-refractivity contribution in [3.8, 4) is 11.5 Å². The second kappa shape index (κ2) is 8.68. The van der Waals surface area contributed by atoms with Gasteiger partial charge in [-0.3, -0.25) is 9.59 Å². The van der Waals surface area contributed by atoms with Crippen LogP contribution in [0.5, 0.6) is 11.5 Å². The maximum Gasteiger partial charge on any atom is 0.355 e. The maximum absolute atomic E-state index is 13.4. The van der Waals surface area contributed by atoms with Crippen molar-refractivity contribution in [2.24, 2.45) is 13.0 Å². The Morgan fingerprint density at radius 2 is 1.88 bits per heavy atom. The van der Waals surface area contributed by atoms with E-state index in [1.807, 2.05) is 0 Å². The van der Waals surface area contributed by atoms with Crippen LogP contribution in [0.25, 0.3) is 0 Å². The summed E-state index contributed by atoms with van der Waals surface area (Å²) in [4.78, 5) is 40.7. The highest BCUT2D eigenvalue weighted by atomic mass is 16.7. The molecule has 32 heavy (non-hydrogen) atoms. The molecule has 1 aromatic carbocycles. The minimum absolute atomic E-state index is 0.0578. The fraction of sp³-hybridized carbons (Fsp3) is 0.458. The van der Waals surface area contributed by atoms with Gasteiger partial charge in [0.1, 0.15) is 5.69 Å². The van der Waals surface area contributed by atoms with Crippen molar-refractivity contribution in [3.63, 3.8) is 0 Å². The zero-order valence-electron chi connectivity index (χ0n) is 18.9. The van der Waals surface area contributed by atoms with Gasteiger partial charge in [0.05, 0.1) is 13.2 Å². The number of rotatable bonds is 8. The number of Topliss-reactive ketones (excluding diaryl/α,β-unsaturated/α-hetero) is 1. The minimum Gasteiger partial charge on any atom is -0.461 e. The molecular formula is C24H28N2O6. The summed E-state index contributed by atoms with van der Waals surface area (Å²) >= 11 is 0. The van der Waals surface area contributed by atoms with Crippen molar-refractivity contribution in [2.75, 3.05) is 26.5 Å². The van der Waals surface area contributed by atoms with Gasteiger partial charge in [-0.1, -0.05) is 0 Å². The van der Waals surface area contributed by atoms with E-state index in [-0.39, 0.29) is 31.6 Å². The number of esters is 1. The number of ketones is 1. The Balaban J connectivity index is 1.60. The highest BCUT2D eigenvalue weighted by Gasteiger charge is 2.32. The Bertz CT molecular complexity index is 1080. The molecule has 0 N–H and O–H groups in total. The van der Waals surface area contributed by atoms with Crippen LogP contribution in [-0.2, 0) is 11.8 Å². The number of hydrogen-bond donors (Lipinski definition) is 0. The molecule has 0 atom stereocenters. The zero-order chi connectivity index (χ0) is 23.0. The minimum atomic E-state index is -0.457. The Kier molecular flexibility index (Phi) is 5.95. The Hall–Kier alpha value is -3.29. The van der Waals surface area contributed by atoms with E-state index >= 15 is 0 Å². The number of ether oxygens (including phenoxy) is 3.